The molecule has 0 amide bonds. The zero-order valence-corrected chi connectivity index (χ0v) is 22.9. The van der Waals surface area contributed by atoms with Crippen molar-refractivity contribution in [3.63, 3.8) is 0 Å². The van der Waals surface area contributed by atoms with Gasteiger partial charge in [0.2, 0.25) is 0 Å². The average Bonchev–Trinajstić information content (AvgIpc) is 3.29. The number of aromatic nitrogens is 2. The first-order valence-corrected chi connectivity index (χ1v) is 13.6. The van der Waals surface area contributed by atoms with E-state index < -0.39 is 26.3 Å². The summed E-state index contributed by atoms with van der Waals surface area (Å²) in [6.45, 7) is 8.75. The van der Waals surface area contributed by atoms with Crippen LogP contribution in [0.15, 0.2) is 44.9 Å². The fourth-order valence-electron chi connectivity index (χ4n) is 4.36. The Morgan fingerprint density at radius 2 is 1.82 bits per heavy atom. The van der Waals surface area contributed by atoms with Gasteiger partial charge in [-0.2, -0.15) is 0 Å². The summed E-state index contributed by atoms with van der Waals surface area (Å²) in [5.41, 5.74) is 3.05. The van der Waals surface area contributed by atoms with Crippen molar-refractivity contribution in [1.82, 2.24) is 5.16 Å². The molecule has 38 heavy (non-hydrogen) atoms. The van der Waals surface area contributed by atoms with Crippen LogP contribution in [-0.2, 0) is 25.7 Å². The summed E-state index contributed by atoms with van der Waals surface area (Å²) in [6, 6.07) is 7.55. The predicted molar refractivity (Wildman–Crippen MR) is 134 cm³/mol. The van der Waals surface area contributed by atoms with Gasteiger partial charge in [-0.3, -0.25) is 4.63 Å². The molecule has 1 unspecified atom stereocenters. The van der Waals surface area contributed by atoms with Gasteiger partial charge in [0.15, 0.2) is 6.79 Å². The van der Waals surface area contributed by atoms with Crippen molar-refractivity contribution < 1.29 is 41.6 Å². The lowest BCUT2D eigenvalue weighted by Crippen LogP contribution is -2.43. The topological polar surface area (TPSA) is 133 Å². The Hall–Kier alpha value is -3.35. The standard InChI is InChI=1S/C26H32N2O9S/c1-17-18(2)23-21(19(3)22(17)35-16-33-14-13-32-5)11-12-26(4,36-23)15-34-24-25(28(29)37-27-24)38(30,31)20-9-7-6-8-10-20/h6-10H,11-16H2,1-5H3. The van der Waals surface area contributed by atoms with Crippen LogP contribution in [-0.4, -0.2) is 52.9 Å². The quantitative estimate of drug-likeness (QED) is 0.200. The first-order valence-electron chi connectivity index (χ1n) is 12.1. The Kier molecular flexibility index (Phi) is 8.14. The normalized spacial score (nSPS) is 17.1. The van der Waals surface area contributed by atoms with Gasteiger partial charge in [0.25, 0.3) is 9.84 Å². The molecule has 1 aromatic heterocycles. The molecule has 1 aliphatic heterocycles. The highest BCUT2D eigenvalue weighted by atomic mass is 32.2. The van der Waals surface area contributed by atoms with Crippen molar-refractivity contribution >= 4 is 9.84 Å². The second kappa shape index (κ2) is 11.2. The van der Waals surface area contributed by atoms with Gasteiger partial charge in [-0.1, -0.05) is 18.2 Å². The third kappa shape index (κ3) is 5.42. The Labute approximate surface area is 221 Å². The highest BCUT2D eigenvalue weighted by Gasteiger charge is 2.40. The van der Waals surface area contributed by atoms with Crippen molar-refractivity contribution in [3.05, 3.63) is 57.8 Å². The second-order valence-electron chi connectivity index (χ2n) is 9.37. The van der Waals surface area contributed by atoms with Gasteiger partial charge in [0, 0.05) is 12.7 Å². The number of hydrogen-bond donors (Lipinski definition) is 0. The van der Waals surface area contributed by atoms with Crippen molar-refractivity contribution in [2.24, 2.45) is 0 Å². The smallest absolute Gasteiger partial charge is 0.415 e. The summed E-state index contributed by atoms with van der Waals surface area (Å²) in [6.07, 6.45) is 1.25. The molecule has 0 saturated heterocycles. The maximum atomic E-state index is 13.1. The largest absolute Gasteiger partial charge is 0.483 e. The predicted octanol–water partition coefficient (Wildman–Crippen LogP) is 3.23. The molecular weight excluding hydrogens is 516 g/mol. The lowest BCUT2D eigenvalue weighted by molar-refractivity contribution is -0.832. The molecule has 1 aliphatic rings. The summed E-state index contributed by atoms with van der Waals surface area (Å²) in [5.74, 6) is 1.09. The van der Waals surface area contributed by atoms with Gasteiger partial charge in [-0.15, -0.1) is 0 Å². The molecule has 0 bridgehead atoms. The van der Waals surface area contributed by atoms with Gasteiger partial charge >= 0.3 is 10.9 Å². The molecule has 12 heteroatoms. The van der Waals surface area contributed by atoms with Crippen LogP contribution in [0.25, 0.3) is 0 Å². The van der Waals surface area contributed by atoms with E-state index in [1.54, 1.807) is 25.3 Å². The summed E-state index contributed by atoms with van der Waals surface area (Å²) in [5, 5.41) is 15.0. The van der Waals surface area contributed by atoms with Crippen LogP contribution >= 0.6 is 0 Å². The van der Waals surface area contributed by atoms with Gasteiger partial charge < -0.3 is 28.9 Å². The van der Waals surface area contributed by atoms with E-state index >= 15 is 0 Å². The maximum Gasteiger partial charge on any atom is 0.415 e. The van der Waals surface area contributed by atoms with E-state index in [0.717, 1.165) is 33.8 Å². The highest BCUT2D eigenvalue weighted by Crippen LogP contribution is 2.44. The Morgan fingerprint density at radius 3 is 2.53 bits per heavy atom. The van der Waals surface area contributed by atoms with E-state index in [1.807, 2.05) is 27.7 Å². The molecule has 0 aliphatic carbocycles. The average molecular weight is 549 g/mol. The fraction of sp³-hybridized carbons (Fsp3) is 0.462. The third-order valence-electron chi connectivity index (χ3n) is 6.65. The Balaban J connectivity index is 1.52. The van der Waals surface area contributed by atoms with Crippen molar-refractivity contribution in [2.45, 2.75) is 56.1 Å². The number of rotatable bonds is 11. The SMILES string of the molecule is COCCOCOc1c(C)c(C)c2c(c1C)CCC(C)(COc1no[n+]([O-])c1S(=O)(=O)c1ccccc1)O2. The Bertz CT molecular complexity index is 1390. The molecule has 1 atom stereocenters. The summed E-state index contributed by atoms with van der Waals surface area (Å²) in [7, 11) is -2.60. The zero-order valence-electron chi connectivity index (χ0n) is 22.1. The molecule has 3 aromatic rings. The van der Waals surface area contributed by atoms with E-state index in [-0.39, 0.29) is 23.2 Å². The maximum absolute atomic E-state index is 13.1. The van der Waals surface area contributed by atoms with Crippen LogP contribution in [0, 0.1) is 26.0 Å². The number of ether oxygens (including phenoxy) is 5. The van der Waals surface area contributed by atoms with Crippen LogP contribution in [0.1, 0.15) is 35.6 Å². The minimum absolute atomic E-state index is 0.0561. The molecule has 11 nitrogen and oxygen atoms in total. The monoisotopic (exact) mass is 548 g/mol. The van der Waals surface area contributed by atoms with Gasteiger partial charge in [-0.25, -0.2) is 8.42 Å². The van der Waals surface area contributed by atoms with E-state index in [0.29, 0.717) is 26.1 Å². The van der Waals surface area contributed by atoms with E-state index in [4.69, 9.17) is 23.7 Å². The van der Waals surface area contributed by atoms with E-state index in [2.05, 4.69) is 9.79 Å². The molecule has 0 fully saturated rings. The molecule has 2 heterocycles. The first kappa shape index (κ1) is 27.7. The van der Waals surface area contributed by atoms with Gasteiger partial charge in [-0.05, 0) is 74.3 Å². The van der Waals surface area contributed by atoms with E-state index in [9.17, 15) is 13.6 Å². The molecule has 0 saturated carbocycles. The molecule has 0 N–H and O–H groups in total. The van der Waals surface area contributed by atoms with Crippen LogP contribution in [0.2, 0.25) is 0 Å². The number of sulfone groups is 1. The van der Waals surface area contributed by atoms with Gasteiger partial charge in [0.1, 0.15) is 23.7 Å². The zero-order chi connectivity index (χ0) is 27.5. The second-order valence-corrected chi connectivity index (χ2v) is 11.2. The highest BCUT2D eigenvalue weighted by molar-refractivity contribution is 7.91. The van der Waals surface area contributed by atoms with Crippen LogP contribution in [0.4, 0.5) is 0 Å². The van der Waals surface area contributed by atoms with E-state index in [1.165, 1.54) is 12.1 Å². The van der Waals surface area contributed by atoms with Crippen molar-refractivity contribution in [1.29, 1.82) is 0 Å². The molecule has 0 radical (unpaired) electrons. The van der Waals surface area contributed by atoms with Crippen LogP contribution in [0.5, 0.6) is 17.4 Å². The van der Waals surface area contributed by atoms with Crippen LogP contribution in [0.3, 0.4) is 0 Å². The Morgan fingerprint density at radius 1 is 1.08 bits per heavy atom. The first-order chi connectivity index (χ1) is 18.1. The van der Waals surface area contributed by atoms with Gasteiger partial charge in [0.05, 0.1) is 23.3 Å². The summed E-state index contributed by atoms with van der Waals surface area (Å²) in [4.78, 5) is -0.232. The minimum Gasteiger partial charge on any atom is -0.483 e. The summed E-state index contributed by atoms with van der Waals surface area (Å²) >= 11 is 0. The molecule has 206 valence electrons. The van der Waals surface area contributed by atoms with Crippen LogP contribution < -0.4 is 19.1 Å². The number of benzene rings is 2. The molecular formula is C26H32N2O9S. The summed E-state index contributed by atoms with van der Waals surface area (Å²) < 4.78 is 59.3. The number of fused-ring (bicyclic) bond motifs is 1. The minimum atomic E-state index is -4.22. The number of nitrogens with zero attached hydrogens (tertiary/aromatic N) is 2. The third-order valence-corrected chi connectivity index (χ3v) is 8.38. The van der Waals surface area contributed by atoms with Crippen molar-refractivity contribution in [3.8, 4) is 17.4 Å². The molecule has 0 spiro atoms. The number of methoxy groups -OCH3 is 1. The number of hydrogen-bond acceptors (Lipinski definition) is 10. The van der Waals surface area contributed by atoms with Crippen molar-refractivity contribution in [2.75, 3.05) is 33.7 Å². The lowest BCUT2D eigenvalue weighted by Gasteiger charge is -2.37. The lowest BCUT2D eigenvalue weighted by atomic mass is 9.87. The molecule has 2 aromatic carbocycles. The fourth-order valence-corrected chi connectivity index (χ4v) is 5.66. The molecule has 4 rings (SSSR count).